The molecule has 26 heavy (non-hydrogen) atoms. The lowest BCUT2D eigenvalue weighted by atomic mass is 10.1. The van der Waals surface area contributed by atoms with Gasteiger partial charge in [-0.2, -0.15) is 18.2 Å². The van der Waals surface area contributed by atoms with Crippen molar-refractivity contribution < 1.29 is 22.4 Å². The van der Waals surface area contributed by atoms with Crippen molar-refractivity contribution in [3.63, 3.8) is 0 Å². The number of nitrogens with zero attached hydrogens (tertiary/aromatic N) is 5. The zero-order valence-corrected chi connectivity index (χ0v) is 14.3. The van der Waals surface area contributed by atoms with Crippen molar-refractivity contribution in [2.45, 2.75) is 33.0 Å². The van der Waals surface area contributed by atoms with Gasteiger partial charge in [-0.25, -0.2) is 9.50 Å². The Kier molecular flexibility index (Phi) is 4.43. The van der Waals surface area contributed by atoms with Gasteiger partial charge in [0, 0.05) is 24.0 Å². The fraction of sp³-hybridized carbons (Fsp3) is 0.375. The maximum atomic E-state index is 12.8. The Morgan fingerprint density at radius 3 is 2.65 bits per heavy atom. The third kappa shape index (κ3) is 3.39. The molecule has 0 radical (unpaired) electrons. The second-order valence-corrected chi connectivity index (χ2v) is 5.91. The van der Waals surface area contributed by atoms with Crippen LogP contribution in [-0.2, 0) is 23.9 Å². The molecule has 0 bridgehead atoms. The molecule has 0 aliphatic rings. The quantitative estimate of drug-likeness (QED) is 0.708. The van der Waals surface area contributed by atoms with Gasteiger partial charge in [0.05, 0.1) is 19.2 Å². The fourth-order valence-corrected chi connectivity index (χ4v) is 2.59. The first-order valence-corrected chi connectivity index (χ1v) is 7.73. The molecule has 138 valence electrons. The number of fused-ring (bicyclic) bond motifs is 1. The minimum atomic E-state index is -4.66. The van der Waals surface area contributed by atoms with Gasteiger partial charge in [0.15, 0.2) is 0 Å². The monoisotopic (exact) mass is 367 g/mol. The topological polar surface area (TPSA) is 76.5 Å². The largest absolute Gasteiger partial charge is 0.467 e. The van der Waals surface area contributed by atoms with E-state index in [4.69, 9.17) is 4.42 Å². The second-order valence-electron chi connectivity index (χ2n) is 5.91. The van der Waals surface area contributed by atoms with Crippen LogP contribution in [0.25, 0.3) is 5.78 Å². The van der Waals surface area contributed by atoms with Crippen LogP contribution in [0.2, 0.25) is 0 Å². The number of rotatable bonds is 4. The van der Waals surface area contributed by atoms with E-state index in [-0.39, 0.29) is 18.1 Å². The number of hydrogen-bond donors (Lipinski definition) is 0. The zero-order valence-electron chi connectivity index (χ0n) is 14.3. The van der Waals surface area contributed by atoms with Gasteiger partial charge < -0.3 is 9.32 Å². The van der Waals surface area contributed by atoms with Crippen LogP contribution in [0.5, 0.6) is 0 Å². The van der Waals surface area contributed by atoms with Gasteiger partial charge in [-0.1, -0.05) is 0 Å². The van der Waals surface area contributed by atoms with E-state index in [1.165, 1.54) is 11.2 Å². The van der Waals surface area contributed by atoms with E-state index in [0.717, 1.165) is 4.52 Å². The molecule has 1 amide bonds. The van der Waals surface area contributed by atoms with Crippen molar-refractivity contribution in [2.24, 2.45) is 0 Å². The minimum absolute atomic E-state index is 0.0149. The van der Waals surface area contributed by atoms with Gasteiger partial charge in [0.1, 0.15) is 5.76 Å². The average molecular weight is 367 g/mol. The molecule has 0 fully saturated rings. The summed E-state index contributed by atoms with van der Waals surface area (Å²) in [5, 5.41) is 3.48. The Labute approximate surface area is 146 Å². The lowest BCUT2D eigenvalue weighted by Crippen LogP contribution is -2.28. The molecule has 0 spiro atoms. The lowest BCUT2D eigenvalue weighted by Gasteiger charge is -2.17. The summed E-state index contributed by atoms with van der Waals surface area (Å²) in [5.74, 6) is -0.989. The van der Waals surface area contributed by atoms with Crippen molar-refractivity contribution >= 4 is 11.7 Å². The standard InChI is InChI=1S/C16H16F3N5O2/c1-9-12(7-13(25)23(3)8-11-5-4-6-26-11)10(2)24-15(20-9)21-14(22-24)16(17,18)19/h4-6H,7-8H2,1-3H3. The van der Waals surface area contributed by atoms with Crippen LogP contribution in [0.15, 0.2) is 22.8 Å². The predicted molar refractivity (Wildman–Crippen MR) is 84.1 cm³/mol. The Hall–Kier alpha value is -2.91. The number of hydrogen-bond acceptors (Lipinski definition) is 5. The Bertz CT molecular complexity index is 947. The summed E-state index contributed by atoms with van der Waals surface area (Å²) in [6, 6.07) is 3.48. The van der Waals surface area contributed by atoms with Gasteiger partial charge in [0.2, 0.25) is 5.91 Å². The van der Waals surface area contributed by atoms with E-state index in [1.54, 1.807) is 33.0 Å². The van der Waals surface area contributed by atoms with Crippen LogP contribution < -0.4 is 0 Å². The maximum absolute atomic E-state index is 12.8. The molecule has 0 unspecified atom stereocenters. The third-order valence-electron chi connectivity index (χ3n) is 4.03. The molecule has 0 N–H and O–H groups in total. The molecule has 0 aromatic carbocycles. The van der Waals surface area contributed by atoms with Crippen LogP contribution in [0.4, 0.5) is 13.2 Å². The smallest absolute Gasteiger partial charge is 0.453 e. The van der Waals surface area contributed by atoms with E-state index < -0.39 is 12.0 Å². The highest BCUT2D eigenvalue weighted by Crippen LogP contribution is 2.27. The summed E-state index contributed by atoms with van der Waals surface area (Å²) in [7, 11) is 1.62. The highest BCUT2D eigenvalue weighted by molar-refractivity contribution is 5.79. The van der Waals surface area contributed by atoms with E-state index >= 15 is 0 Å². The molecule has 7 nitrogen and oxygen atoms in total. The van der Waals surface area contributed by atoms with Gasteiger partial charge in [-0.3, -0.25) is 4.79 Å². The normalized spacial score (nSPS) is 11.9. The molecule has 0 aliphatic carbocycles. The van der Waals surface area contributed by atoms with Gasteiger partial charge >= 0.3 is 6.18 Å². The molecule has 0 atom stereocenters. The Morgan fingerprint density at radius 2 is 2.04 bits per heavy atom. The van der Waals surface area contributed by atoms with Crippen molar-refractivity contribution in [3.8, 4) is 0 Å². The minimum Gasteiger partial charge on any atom is -0.467 e. The molecule has 10 heteroatoms. The molecule has 3 aromatic rings. The number of likely N-dealkylation sites (N-methyl/N-ethyl adjacent to an activating group) is 1. The number of carbonyl (C=O) groups excluding carboxylic acids is 1. The Morgan fingerprint density at radius 1 is 1.31 bits per heavy atom. The maximum Gasteiger partial charge on any atom is 0.453 e. The molecule has 0 saturated heterocycles. The number of aromatic nitrogens is 4. The number of halogens is 3. The van der Waals surface area contributed by atoms with Gasteiger partial charge in [-0.15, -0.1) is 5.10 Å². The van der Waals surface area contributed by atoms with E-state index in [9.17, 15) is 18.0 Å². The van der Waals surface area contributed by atoms with Crippen LogP contribution in [0.3, 0.4) is 0 Å². The number of aryl methyl sites for hydroxylation is 2. The summed E-state index contributed by atoms with van der Waals surface area (Å²) in [6.45, 7) is 3.51. The van der Waals surface area contributed by atoms with Crippen molar-refractivity contribution in [1.82, 2.24) is 24.5 Å². The van der Waals surface area contributed by atoms with Crippen LogP contribution in [0.1, 0.15) is 28.5 Å². The molecular formula is C16H16F3N5O2. The summed E-state index contributed by atoms with van der Waals surface area (Å²) in [5.41, 5.74) is 1.36. The van der Waals surface area contributed by atoms with Crippen molar-refractivity contribution in [1.29, 1.82) is 0 Å². The highest BCUT2D eigenvalue weighted by atomic mass is 19.4. The lowest BCUT2D eigenvalue weighted by molar-refractivity contribution is -0.144. The van der Waals surface area contributed by atoms with Crippen molar-refractivity contribution in [2.75, 3.05) is 7.05 Å². The number of amides is 1. The van der Waals surface area contributed by atoms with Crippen molar-refractivity contribution in [3.05, 3.63) is 46.9 Å². The third-order valence-corrected chi connectivity index (χ3v) is 4.03. The van der Waals surface area contributed by atoms with E-state index in [1.807, 2.05) is 0 Å². The SMILES string of the molecule is Cc1nc2nc(C(F)(F)F)nn2c(C)c1CC(=O)N(C)Cc1ccco1. The summed E-state index contributed by atoms with van der Waals surface area (Å²) in [6.07, 6.45) is -3.16. The summed E-state index contributed by atoms with van der Waals surface area (Å²) < 4.78 is 44.7. The zero-order chi connectivity index (χ0) is 19.1. The fourth-order valence-electron chi connectivity index (χ4n) is 2.59. The van der Waals surface area contributed by atoms with Crippen LogP contribution in [-0.4, -0.2) is 37.4 Å². The predicted octanol–water partition coefficient (Wildman–Crippen LogP) is 2.55. The second kappa shape index (κ2) is 6.43. The van der Waals surface area contributed by atoms with Crippen LogP contribution in [0, 0.1) is 13.8 Å². The first-order chi connectivity index (χ1) is 12.2. The molecule has 3 heterocycles. The number of furan rings is 1. The number of carbonyl (C=O) groups is 1. The summed E-state index contributed by atoms with van der Waals surface area (Å²) >= 11 is 0. The van der Waals surface area contributed by atoms with Gasteiger partial charge in [0.25, 0.3) is 11.6 Å². The highest BCUT2D eigenvalue weighted by Gasteiger charge is 2.37. The molecule has 3 aromatic heterocycles. The summed E-state index contributed by atoms with van der Waals surface area (Å²) in [4.78, 5) is 21.4. The molecule has 0 saturated carbocycles. The van der Waals surface area contributed by atoms with Crippen LogP contribution >= 0.6 is 0 Å². The Balaban J connectivity index is 1.88. The molecule has 3 rings (SSSR count). The average Bonchev–Trinajstić information content (AvgIpc) is 3.20. The van der Waals surface area contributed by atoms with E-state index in [0.29, 0.717) is 29.3 Å². The molecule has 0 aliphatic heterocycles. The first-order valence-electron chi connectivity index (χ1n) is 7.73. The van der Waals surface area contributed by atoms with E-state index in [2.05, 4.69) is 15.1 Å². The first kappa shape index (κ1) is 17.9. The van der Waals surface area contributed by atoms with Gasteiger partial charge in [-0.05, 0) is 26.0 Å². The number of alkyl halides is 3. The molecular weight excluding hydrogens is 351 g/mol.